The van der Waals surface area contributed by atoms with Crippen LogP contribution in [0.4, 0.5) is 0 Å². The van der Waals surface area contributed by atoms with Gasteiger partial charge in [0.25, 0.3) is 0 Å². The van der Waals surface area contributed by atoms with Crippen LogP contribution in [0.25, 0.3) is 0 Å². The van der Waals surface area contributed by atoms with Crippen LogP contribution in [-0.4, -0.2) is 73.6 Å². The number of aryl methyl sites for hydroxylation is 2. The Labute approximate surface area is 187 Å². The predicted molar refractivity (Wildman–Crippen MR) is 127 cm³/mol. The minimum Gasteiger partial charge on any atom is -0.383 e. The lowest BCUT2D eigenvalue weighted by Crippen LogP contribution is -2.46. The summed E-state index contributed by atoms with van der Waals surface area (Å²) in [5.41, 5.74) is 3.69. The molecule has 28 heavy (non-hydrogen) atoms. The van der Waals surface area contributed by atoms with Gasteiger partial charge in [-0.2, -0.15) is 5.10 Å². The molecule has 0 aliphatic carbocycles. The molecule has 162 valence electrons. The van der Waals surface area contributed by atoms with Gasteiger partial charge in [0, 0.05) is 46.0 Å². The van der Waals surface area contributed by atoms with Gasteiger partial charge in [-0.3, -0.25) is 9.67 Å². The highest BCUT2D eigenvalue weighted by atomic mass is 127. The highest BCUT2D eigenvalue weighted by Crippen LogP contribution is 2.16. The number of hydrogen-bond donors (Lipinski definition) is 2. The number of nitrogens with zero attached hydrogens (tertiary/aromatic N) is 4. The van der Waals surface area contributed by atoms with Crippen molar-refractivity contribution in [3.63, 3.8) is 0 Å². The zero-order valence-corrected chi connectivity index (χ0v) is 20.7. The van der Waals surface area contributed by atoms with E-state index < -0.39 is 0 Å². The van der Waals surface area contributed by atoms with Crippen LogP contribution in [0.3, 0.4) is 0 Å². The molecule has 1 saturated heterocycles. The smallest absolute Gasteiger partial charge is 0.191 e. The number of aromatic nitrogens is 2. The van der Waals surface area contributed by atoms with Crippen molar-refractivity contribution in [2.45, 2.75) is 46.1 Å². The van der Waals surface area contributed by atoms with Crippen molar-refractivity contribution in [1.29, 1.82) is 0 Å². The Hall–Kier alpha value is -0.870. The van der Waals surface area contributed by atoms with Crippen molar-refractivity contribution in [2.75, 3.05) is 46.9 Å². The van der Waals surface area contributed by atoms with E-state index in [-0.39, 0.29) is 24.0 Å². The predicted octanol–water partition coefficient (Wildman–Crippen LogP) is 2.11. The molecule has 8 heteroatoms. The van der Waals surface area contributed by atoms with Crippen molar-refractivity contribution < 1.29 is 4.74 Å². The quantitative estimate of drug-likeness (QED) is 0.321. The molecule has 1 aromatic rings. The van der Waals surface area contributed by atoms with Gasteiger partial charge in [0.15, 0.2) is 5.96 Å². The first kappa shape index (κ1) is 25.2. The fourth-order valence-electron chi connectivity index (χ4n) is 3.77. The maximum atomic E-state index is 5.18. The molecule has 2 heterocycles. The Balaban J connectivity index is 0.00000392. The van der Waals surface area contributed by atoms with Crippen LogP contribution in [0.1, 0.15) is 36.7 Å². The second kappa shape index (κ2) is 12.6. The third-order valence-electron chi connectivity index (χ3n) is 5.65. The zero-order valence-electron chi connectivity index (χ0n) is 18.4. The molecule has 1 aromatic heterocycles. The van der Waals surface area contributed by atoms with Gasteiger partial charge >= 0.3 is 0 Å². The van der Waals surface area contributed by atoms with Crippen molar-refractivity contribution in [2.24, 2.45) is 18.0 Å². The molecule has 1 atom stereocenters. The van der Waals surface area contributed by atoms with E-state index in [4.69, 9.17) is 4.74 Å². The Bertz CT molecular complexity index is 610. The van der Waals surface area contributed by atoms with Crippen LogP contribution in [-0.2, 0) is 18.2 Å². The molecule has 1 unspecified atom stereocenters. The van der Waals surface area contributed by atoms with E-state index in [0.29, 0.717) is 12.0 Å². The lowest BCUT2D eigenvalue weighted by molar-refractivity contribution is 0.121. The summed E-state index contributed by atoms with van der Waals surface area (Å²) in [6.45, 7) is 11.6. The summed E-state index contributed by atoms with van der Waals surface area (Å²) in [6.07, 6.45) is 3.42. The maximum absolute atomic E-state index is 5.18. The third kappa shape index (κ3) is 7.51. The highest BCUT2D eigenvalue weighted by molar-refractivity contribution is 14.0. The van der Waals surface area contributed by atoms with Crippen LogP contribution in [0.5, 0.6) is 0 Å². The van der Waals surface area contributed by atoms with Crippen LogP contribution in [0.2, 0.25) is 0 Å². The first-order valence-corrected chi connectivity index (χ1v) is 10.1. The molecule has 0 aromatic carbocycles. The van der Waals surface area contributed by atoms with Crippen molar-refractivity contribution in [1.82, 2.24) is 25.3 Å². The van der Waals surface area contributed by atoms with Gasteiger partial charge in [-0.25, -0.2) is 0 Å². The zero-order chi connectivity index (χ0) is 19.8. The molecule has 1 fully saturated rings. The van der Waals surface area contributed by atoms with E-state index in [9.17, 15) is 0 Å². The van der Waals surface area contributed by atoms with Gasteiger partial charge in [0.1, 0.15) is 0 Å². The molecule has 0 bridgehead atoms. The standard InChI is InChI=1S/C20H38N6O.HI/c1-15(13-19-16(2)24-25(5)17(19)3)23-20(21-4)22-14-18-7-9-26(10-8-18)11-12-27-6;/h15,18H,7-14H2,1-6H3,(H2,21,22,23);1H. The van der Waals surface area contributed by atoms with Gasteiger partial charge in [-0.1, -0.05) is 0 Å². The summed E-state index contributed by atoms with van der Waals surface area (Å²) >= 11 is 0. The van der Waals surface area contributed by atoms with Crippen molar-refractivity contribution in [3.05, 3.63) is 17.0 Å². The van der Waals surface area contributed by atoms with Crippen LogP contribution in [0, 0.1) is 19.8 Å². The van der Waals surface area contributed by atoms with E-state index >= 15 is 0 Å². The Morgan fingerprint density at radius 1 is 1.32 bits per heavy atom. The van der Waals surface area contributed by atoms with E-state index in [1.165, 1.54) is 24.1 Å². The monoisotopic (exact) mass is 506 g/mol. The summed E-state index contributed by atoms with van der Waals surface area (Å²) in [5.74, 6) is 1.60. The summed E-state index contributed by atoms with van der Waals surface area (Å²) < 4.78 is 7.14. The van der Waals surface area contributed by atoms with Gasteiger partial charge in [-0.05, 0) is 64.6 Å². The minimum atomic E-state index is 0. The molecule has 1 aliphatic rings. The van der Waals surface area contributed by atoms with Gasteiger partial charge < -0.3 is 20.3 Å². The number of methoxy groups -OCH3 is 1. The number of likely N-dealkylation sites (tertiary alicyclic amines) is 1. The Kier molecular flexibility index (Phi) is 11.4. The molecule has 2 rings (SSSR count). The number of piperidine rings is 1. The second-order valence-corrected chi connectivity index (χ2v) is 7.75. The van der Waals surface area contributed by atoms with E-state index in [0.717, 1.165) is 50.9 Å². The fraction of sp³-hybridized carbons (Fsp3) is 0.800. The highest BCUT2D eigenvalue weighted by Gasteiger charge is 2.19. The number of ether oxygens (including phenoxy) is 1. The average molecular weight is 506 g/mol. The maximum Gasteiger partial charge on any atom is 0.191 e. The molecule has 1 aliphatic heterocycles. The fourth-order valence-corrected chi connectivity index (χ4v) is 3.77. The molecule has 7 nitrogen and oxygen atoms in total. The molecular weight excluding hydrogens is 467 g/mol. The van der Waals surface area contributed by atoms with Crippen molar-refractivity contribution >= 4 is 29.9 Å². The van der Waals surface area contributed by atoms with Gasteiger partial charge in [0.2, 0.25) is 0 Å². The molecule has 0 amide bonds. The van der Waals surface area contributed by atoms with E-state index in [1.807, 2.05) is 18.8 Å². The van der Waals surface area contributed by atoms with Crippen LogP contribution in [0.15, 0.2) is 4.99 Å². The SMILES string of the molecule is CN=C(NCC1CCN(CCOC)CC1)NC(C)Cc1c(C)nn(C)c1C.I. The van der Waals surface area contributed by atoms with E-state index in [2.05, 4.69) is 46.4 Å². The largest absolute Gasteiger partial charge is 0.383 e. The molecule has 0 saturated carbocycles. The summed E-state index contributed by atoms with van der Waals surface area (Å²) in [6, 6.07) is 0.300. The first-order chi connectivity index (χ1) is 12.9. The van der Waals surface area contributed by atoms with E-state index in [1.54, 1.807) is 7.11 Å². The van der Waals surface area contributed by atoms with Gasteiger partial charge in [0.05, 0.1) is 12.3 Å². The molecule has 0 spiro atoms. The summed E-state index contributed by atoms with van der Waals surface area (Å²) in [4.78, 5) is 6.90. The minimum absolute atomic E-state index is 0. The average Bonchev–Trinajstić information content (AvgIpc) is 2.90. The summed E-state index contributed by atoms with van der Waals surface area (Å²) in [5, 5.41) is 11.6. The van der Waals surface area contributed by atoms with Crippen molar-refractivity contribution in [3.8, 4) is 0 Å². The topological polar surface area (TPSA) is 66.7 Å². The number of nitrogens with one attached hydrogen (secondary N) is 2. The second-order valence-electron chi connectivity index (χ2n) is 7.75. The van der Waals surface area contributed by atoms with Crippen LogP contribution >= 0.6 is 24.0 Å². The molecule has 2 N–H and O–H groups in total. The molecule has 0 radical (unpaired) electrons. The first-order valence-electron chi connectivity index (χ1n) is 10.1. The number of aliphatic imine (C=N–C) groups is 1. The third-order valence-corrected chi connectivity index (χ3v) is 5.65. The lowest BCUT2D eigenvalue weighted by Gasteiger charge is -2.32. The Morgan fingerprint density at radius 2 is 2.00 bits per heavy atom. The Morgan fingerprint density at radius 3 is 2.54 bits per heavy atom. The number of hydrogen-bond acceptors (Lipinski definition) is 4. The van der Waals surface area contributed by atoms with Crippen LogP contribution < -0.4 is 10.6 Å². The molecular formula is C20H39IN6O. The number of rotatable bonds is 8. The number of guanidine groups is 1. The number of halogens is 1. The lowest BCUT2D eigenvalue weighted by atomic mass is 9.97. The normalized spacial score (nSPS) is 17.3. The van der Waals surface area contributed by atoms with Gasteiger partial charge in [-0.15, -0.1) is 24.0 Å². The summed E-state index contributed by atoms with van der Waals surface area (Å²) in [7, 11) is 5.62.